The van der Waals surface area contributed by atoms with Gasteiger partial charge in [-0.05, 0) is 17.7 Å². The fourth-order valence-electron chi connectivity index (χ4n) is 2.75. The van der Waals surface area contributed by atoms with Crippen LogP contribution < -0.4 is 0 Å². The standard InChI is InChI=1S/C13H14BrNO3S/c1-18-8-13(7-15)11(12(13)19(2,16)17)9-3-5-10(14)6-4-9/h3-6,11-12H,8H2,1-2H3/t11-,12+,13+/m0/s1. The molecule has 1 aliphatic rings. The molecule has 102 valence electrons. The van der Waals surface area contributed by atoms with E-state index in [4.69, 9.17) is 4.74 Å². The molecule has 1 saturated carbocycles. The predicted molar refractivity (Wildman–Crippen MR) is 75.4 cm³/mol. The molecular weight excluding hydrogens is 330 g/mol. The Hall–Kier alpha value is -0.900. The molecule has 0 radical (unpaired) electrons. The van der Waals surface area contributed by atoms with Crippen molar-refractivity contribution in [3.63, 3.8) is 0 Å². The number of rotatable bonds is 4. The monoisotopic (exact) mass is 343 g/mol. The highest BCUT2D eigenvalue weighted by molar-refractivity contribution is 9.10. The van der Waals surface area contributed by atoms with Crippen LogP contribution in [0.3, 0.4) is 0 Å². The van der Waals surface area contributed by atoms with Crippen LogP contribution in [0.25, 0.3) is 0 Å². The molecule has 0 bridgehead atoms. The lowest BCUT2D eigenvalue weighted by atomic mass is 10.0. The zero-order chi connectivity index (χ0) is 14.3. The zero-order valence-corrected chi connectivity index (χ0v) is 13.0. The summed E-state index contributed by atoms with van der Waals surface area (Å²) in [5.41, 5.74) is -0.104. The maximum Gasteiger partial charge on any atom is 0.152 e. The third-order valence-electron chi connectivity index (χ3n) is 3.54. The third-order valence-corrected chi connectivity index (χ3v) is 5.68. The Morgan fingerprint density at radius 3 is 2.42 bits per heavy atom. The Kier molecular flexibility index (Phi) is 3.74. The molecule has 19 heavy (non-hydrogen) atoms. The van der Waals surface area contributed by atoms with Gasteiger partial charge in [0.15, 0.2) is 9.84 Å². The maximum atomic E-state index is 11.9. The van der Waals surface area contributed by atoms with Gasteiger partial charge in [-0.2, -0.15) is 5.26 Å². The van der Waals surface area contributed by atoms with Crippen LogP contribution in [-0.2, 0) is 14.6 Å². The SMILES string of the molecule is COC[C@@]1(C#N)[C@H](S(C)(=O)=O)[C@@H]1c1ccc(Br)cc1. The Morgan fingerprint density at radius 2 is 2.00 bits per heavy atom. The number of hydrogen-bond donors (Lipinski definition) is 0. The number of nitrogens with zero attached hydrogens (tertiary/aromatic N) is 1. The molecule has 0 aliphatic heterocycles. The smallest absolute Gasteiger partial charge is 0.152 e. The summed E-state index contributed by atoms with van der Waals surface area (Å²) in [6.07, 6.45) is 1.18. The van der Waals surface area contributed by atoms with E-state index in [9.17, 15) is 13.7 Å². The molecule has 6 heteroatoms. The second kappa shape index (κ2) is 4.89. The lowest BCUT2D eigenvalue weighted by Gasteiger charge is -2.06. The molecule has 0 aromatic heterocycles. The summed E-state index contributed by atoms with van der Waals surface area (Å²) >= 11 is 3.34. The quantitative estimate of drug-likeness (QED) is 0.839. The fourth-order valence-corrected chi connectivity index (χ4v) is 4.86. The molecule has 1 fully saturated rings. The highest BCUT2D eigenvalue weighted by Gasteiger charge is 2.71. The van der Waals surface area contributed by atoms with Crippen molar-refractivity contribution >= 4 is 25.8 Å². The van der Waals surface area contributed by atoms with E-state index in [0.717, 1.165) is 10.0 Å². The highest BCUT2D eigenvalue weighted by Crippen LogP contribution is 2.62. The van der Waals surface area contributed by atoms with Gasteiger partial charge in [-0.3, -0.25) is 0 Å². The predicted octanol–water partition coefficient (Wildman–Crippen LogP) is 2.12. The molecule has 0 unspecified atom stereocenters. The summed E-state index contributed by atoms with van der Waals surface area (Å²) in [6.45, 7) is 0.127. The summed E-state index contributed by atoms with van der Waals surface area (Å²) in [4.78, 5) is 0. The van der Waals surface area contributed by atoms with E-state index >= 15 is 0 Å². The van der Waals surface area contributed by atoms with Gasteiger partial charge >= 0.3 is 0 Å². The molecule has 1 aromatic carbocycles. The zero-order valence-electron chi connectivity index (χ0n) is 10.6. The molecule has 3 atom stereocenters. The van der Waals surface area contributed by atoms with Crippen LogP contribution in [0, 0.1) is 16.7 Å². The van der Waals surface area contributed by atoms with Gasteiger partial charge in [0.1, 0.15) is 5.41 Å². The van der Waals surface area contributed by atoms with Gasteiger partial charge in [0.2, 0.25) is 0 Å². The molecule has 4 nitrogen and oxygen atoms in total. The summed E-state index contributed by atoms with van der Waals surface area (Å²) in [7, 11) is -1.81. The number of sulfone groups is 1. The first kappa shape index (κ1) is 14.5. The minimum Gasteiger partial charge on any atom is -0.383 e. The van der Waals surface area contributed by atoms with E-state index in [1.165, 1.54) is 13.4 Å². The second-order valence-electron chi connectivity index (χ2n) is 4.86. The summed E-state index contributed by atoms with van der Waals surface area (Å²) in [5.74, 6) is -0.319. The van der Waals surface area contributed by atoms with Crippen molar-refractivity contribution in [3.05, 3.63) is 34.3 Å². The van der Waals surface area contributed by atoms with Crippen LogP contribution in [0.5, 0.6) is 0 Å². The fraction of sp³-hybridized carbons (Fsp3) is 0.462. The first-order valence-corrected chi connectivity index (χ1v) is 8.46. The van der Waals surface area contributed by atoms with Gasteiger partial charge in [-0.25, -0.2) is 8.42 Å². The highest BCUT2D eigenvalue weighted by atomic mass is 79.9. The Bertz CT molecular complexity index is 620. The molecule has 0 saturated heterocycles. The van der Waals surface area contributed by atoms with Crippen molar-refractivity contribution in [1.82, 2.24) is 0 Å². The van der Waals surface area contributed by atoms with Crippen LogP contribution in [0.15, 0.2) is 28.7 Å². The van der Waals surface area contributed by atoms with Gasteiger partial charge in [-0.1, -0.05) is 28.1 Å². The van der Waals surface area contributed by atoms with Crippen molar-refractivity contribution in [2.24, 2.45) is 5.41 Å². The van der Waals surface area contributed by atoms with Crippen LogP contribution >= 0.6 is 15.9 Å². The first-order chi connectivity index (χ1) is 8.86. The van der Waals surface area contributed by atoms with Crippen LogP contribution in [0.2, 0.25) is 0 Å². The molecular formula is C13H14BrNO3S. The number of ether oxygens (including phenoxy) is 1. The van der Waals surface area contributed by atoms with E-state index in [1.54, 1.807) is 0 Å². The number of methoxy groups -OCH3 is 1. The molecule has 0 N–H and O–H groups in total. The van der Waals surface area contributed by atoms with E-state index in [1.807, 2.05) is 24.3 Å². The van der Waals surface area contributed by atoms with Crippen molar-refractivity contribution < 1.29 is 13.2 Å². The van der Waals surface area contributed by atoms with Crippen molar-refractivity contribution in [1.29, 1.82) is 5.26 Å². The minimum absolute atomic E-state index is 0.127. The Morgan fingerprint density at radius 1 is 1.42 bits per heavy atom. The third kappa shape index (κ3) is 2.42. The molecule has 0 amide bonds. The van der Waals surface area contributed by atoms with Gasteiger partial charge in [0.05, 0.1) is 17.9 Å². The van der Waals surface area contributed by atoms with Gasteiger partial charge in [0, 0.05) is 23.8 Å². The van der Waals surface area contributed by atoms with E-state index in [-0.39, 0.29) is 12.5 Å². The first-order valence-electron chi connectivity index (χ1n) is 5.71. The average Bonchev–Trinajstić information content (AvgIpc) is 3.00. The molecule has 1 aromatic rings. The Labute approximate surface area is 121 Å². The van der Waals surface area contributed by atoms with Crippen LogP contribution in [-0.4, -0.2) is 33.6 Å². The van der Waals surface area contributed by atoms with Crippen molar-refractivity contribution in [3.8, 4) is 6.07 Å². The van der Waals surface area contributed by atoms with Crippen molar-refractivity contribution in [2.75, 3.05) is 20.0 Å². The second-order valence-corrected chi connectivity index (χ2v) is 7.95. The molecule has 2 rings (SSSR count). The van der Waals surface area contributed by atoms with E-state index < -0.39 is 20.5 Å². The summed E-state index contributed by atoms with van der Waals surface area (Å²) < 4.78 is 29.7. The van der Waals surface area contributed by atoms with E-state index in [2.05, 4.69) is 22.0 Å². The minimum atomic E-state index is -3.29. The number of halogens is 1. The van der Waals surface area contributed by atoms with Gasteiger partial charge in [0.25, 0.3) is 0 Å². The normalized spacial score (nSPS) is 29.8. The lowest BCUT2D eigenvalue weighted by molar-refractivity contribution is 0.162. The number of benzene rings is 1. The molecule has 0 heterocycles. The average molecular weight is 344 g/mol. The molecule has 1 aliphatic carbocycles. The maximum absolute atomic E-state index is 11.9. The van der Waals surface area contributed by atoms with Crippen molar-refractivity contribution in [2.45, 2.75) is 11.2 Å². The topological polar surface area (TPSA) is 67.2 Å². The lowest BCUT2D eigenvalue weighted by Crippen LogP contribution is -2.17. The summed E-state index contributed by atoms with van der Waals surface area (Å²) in [6, 6.07) is 9.55. The number of hydrogen-bond acceptors (Lipinski definition) is 4. The Balaban J connectivity index is 2.44. The van der Waals surface area contributed by atoms with Crippen LogP contribution in [0.4, 0.5) is 0 Å². The largest absolute Gasteiger partial charge is 0.383 e. The molecule has 0 spiro atoms. The van der Waals surface area contributed by atoms with E-state index in [0.29, 0.717) is 0 Å². The number of nitriles is 1. The summed E-state index contributed by atoms with van der Waals surface area (Å²) in [5, 5.41) is 8.72. The van der Waals surface area contributed by atoms with Gasteiger partial charge in [-0.15, -0.1) is 0 Å². The van der Waals surface area contributed by atoms with Crippen LogP contribution in [0.1, 0.15) is 11.5 Å². The van der Waals surface area contributed by atoms with Gasteiger partial charge < -0.3 is 4.74 Å².